The van der Waals surface area contributed by atoms with E-state index in [1.807, 2.05) is 7.05 Å². The number of nitrogens with one attached hydrogen (secondary N) is 2. The number of carbonyl (C=O) groups excluding carboxylic acids is 1. The van der Waals surface area contributed by atoms with Crippen molar-refractivity contribution in [1.82, 2.24) is 24.5 Å². The molecule has 2 aliphatic heterocycles. The summed E-state index contributed by atoms with van der Waals surface area (Å²) in [6.45, 7) is 1.91. The van der Waals surface area contributed by atoms with Crippen LogP contribution in [0, 0.1) is 0 Å². The second-order valence-corrected chi connectivity index (χ2v) is 8.60. The van der Waals surface area contributed by atoms with Gasteiger partial charge in [-0.3, -0.25) is 9.69 Å². The fraction of sp³-hybridized carbons (Fsp3) is 0.412. The molecule has 26 heavy (non-hydrogen) atoms. The summed E-state index contributed by atoms with van der Waals surface area (Å²) in [6, 6.07) is 4.72. The Hall–Kier alpha value is -2.23. The first-order valence-corrected chi connectivity index (χ1v) is 10.0. The molecule has 4 rings (SSSR count). The second kappa shape index (κ2) is 6.49. The van der Waals surface area contributed by atoms with Crippen LogP contribution < -0.4 is 5.32 Å². The fourth-order valence-electron chi connectivity index (χ4n) is 3.52. The standard InChI is InChI=1S/C17H21N5O3S/c1-21-8-9-22(11-15(21)16-18-6-7-19-16)26(24,25)13-3-2-12-4-5-20-17(23)14(12)10-13/h2-3,6-7,10,15H,4-5,8-9,11H2,1H3,(H,18,19)(H,20,23)/t15-/m1/s1. The molecule has 0 saturated carbocycles. The molecule has 0 radical (unpaired) electrons. The van der Waals surface area contributed by atoms with Gasteiger partial charge in [0, 0.05) is 44.1 Å². The van der Waals surface area contributed by atoms with Crippen LogP contribution in [0.3, 0.4) is 0 Å². The molecule has 138 valence electrons. The minimum absolute atomic E-state index is 0.130. The summed E-state index contributed by atoms with van der Waals surface area (Å²) in [5, 5.41) is 2.76. The SMILES string of the molecule is CN1CCN(S(=O)(=O)c2ccc3c(c2)C(=O)NCC3)C[C@@H]1c1ncc[nH]1. The highest BCUT2D eigenvalue weighted by molar-refractivity contribution is 7.89. The van der Waals surface area contributed by atoms with Crippen LogP contribution in [0.1, 0.15) is 27.8 Å². The summed E-state index contributed by atoms with van der Waals surface area (Å²) < 4.78 is 27.8. The minimum atomic E-state index is -3.68. The third kappa shape index (κ3) is 2.91. The van der Waals surface area contributed by atoms with Crippen LogP contribution in [-0.2, 0) is 16.4 Å². The summed E-state index contributed by atoms with van der Waals surface area (Å²) in [7, 11) is -1.72. The maximum Gasteiger partial charge on any atom is 0.251 e. The van der Waals surface area contributed by atoms with Gasteiger partial charge < -0.3 is 10.3 Å². The van der Waals surface area contributed by atoms with Crippen molar-refractivity contribution in [2.75, 3.05) is 33.2 Å². The molecular formula is C17H21N5O3S. The van der Waals surface area contributed by atoms with E-state index in [1.54, 1.807) is 24.5 Å². The van der Waals surface area contributed by atoms with Gasteiger partial charge in [-0.25, -0.2) is 13.4 Å². The van der Waals surface area contributed by atoms with Crippen LogP contribution in [0.5, 0.6) is 0 Å². The van der Waals surface area contributed by atoms with E-state index in [-0.39, 0.29) is 16.8 Å². The quantitative estimate of drug-likeness (QED) is 0.808. The molecule has 2 N–H and O–H groups in total. The van der Waals surface area contributed by atoms with Gasteiger partial charge in [0.05, 0.1) is 10.9 Å². The number of aromatic amines is 1. The Morgan fingerprint density at radius 1 is 1.27 bits per heavy atom. The van der Waals surface area contributed by atoms with Gasteiger partial charge in [0.15, 0.2) is 0 Å². The Morgan fingerprint density at radius 2 is 2.12 bits per heavy atom. The molecule has 0 bridgehead atoms. The lowest BCUT2D eigenvalue weighted by molar-refractivity contribution is 0.0945. The van der Waals surface area contributed by atoms with Gasteiger partial charge in [-0.1, -0.05) is 6.07 Å². The molecule has 3 heterocycles. The topological polar surface area (TPSA) is 98.4 Å². The monoisotopic (exact) mass is 375 g/mol. The predicted molar refractivity (Wildman–Crippen MR) is 95.2 cm³/mol. The minimum Gasteiger partial charge on any atom is -0.352 e. The van der Waals surface area contributed by atoms with Crippen molar-refractivity contribution in [3.63, 3.8) is 0 Å². The van der Waals surface area contributed by atoms with Crippen LogP contribution in [-0.4, -0.2) is 66.7 Å². The van der Waals surface area contributed by atoms with E-state index in [9.17, 15) is 13.2 Å². The van der Waals surface area contributed by atoms with Crippen molar-refractivity contribution >= 4 is 15.9 Å². The first-order chi connectivity index (χ1) is 12.5. The molecule has 1 amide bonds. The predicted octanol–water partition coefficient (Wildman–Crippen LogP) is 0.373. The maximum absolute atomic E-state index is 13.1. The molecule has 0 spiro atoms. The maximum atomic E-state index is 13.1. The number of piperazine rings is 1. The van der Waals surface area contributed by atoms with Crippen molar-refractivity contribution in [2.45, 2.75) is 17.4 Å². The number of nitrogens with zero attached hydrogens (tertiary/aromatic N) is 3. The number of carbonyl (C=O) groups is 1. The van der Waals surface area contributed by atoms with Gasteiger partial charge >= 0.3 is 0 Å². The van der Waals surface area contributed by atoms with Gasteiger partial charge in [-0.2, -0.15) is 4.31 Å². The molecule has 1 fully saturated rings. The summed E-state index contributed by atoms with van der Waals surface area (Å²) >= 11 is 0. The van der Waals surface area contributed by atoms with Gasteiger partial charge in [-0.05, 0) is 31.2 Å². The van der Waals surface area contributed by atoms with E-state index >= 15 is 0 Å². The van der Waals surface area contributed by atoms with E-state index in [2.05, 4.69) is 20.2 Å². The number of hydrogen-bond donors (Lipinski definition) is 2. The molecule has 0 aliphatic carbocycles. The summed E-state index contributed by atoms with van der Waals surface area (Å²) in [4.78, 5) is 21.6. The number of amides is 1. The number of likely N-dealkylation sites (N-methyl/N-ethyl adjacent to an activating group) is 1. The van der Waals surface area contributed by atoms with E-state index in [0.29, 0.717) is 31.7 Å². The normalized spacial score (nSPS) is 22.0. The van der Waals surface area contributed by atoms with Crippen molar-refractivity contribution in [3.8, 4) is 0 Å². The van der Waals surface area contributed by atoms with Gasteiger partial charge in [-0.15, -0.1) is 0 Å². The summed E-state index contributed by atoms with van der Waals surface area (Å²) in [6.07, 6.45) is 4.12. The third-order valence-electron chi connectivity index (χ3n) is 5.09. The van der Waals surface area contributed by atoms with E-state index in [0.717, 1.165) is 17.8 Å². The summed E-state index contributed by atoms with van der Waals surface area (Å²) in [5.74, 6) is 0.535. The van der Waals surface area contributed by atoms with E-state index < -0.39 is 10.0 Å². The zero-order valence-electron chi connectivity index (χ0n) is 14.5. The lowest BCUT2D eigenvalue weighted by Gasteiger charge is -2.37. The summed E-state index contributed by atoms with van der Waals surface area (Å²) in [5.41, 5.74) is 1.34. The van der Waals surface area contributed by atoms with Crippen LogP contribution >= 0.6 is 0 Å². The van der Waals surface area contributed by atoms with Crippen molar-refractivity contribution in [2.24, 2.45) is 0 Å². The van der Waals surface area contributed by atoms with Gasteiger partial charge in [0.1, 0.15) is 5.82 Å². The molecule has 9 heteroatoms. The number of fused-ring (bicyclic) bond motifs is 1. The van der Waals surface area contributed by atoms with Crippen molar-refractivity contribution in [3.05, 3.63) is 47.5 Å². The second-order valence-electron chi connectivity index (χ2n) is 6.66. The largest absolute Gasteiger partial charge is 0.352 e. The number of sulfonamides is 1. The molecule has 1 aromatic heterocycles. The molecule has 0 unspecified atom stereocenters. The average molecular weight is 375 g/mol. The van der Waals surface area contributed by atoms with Crippen LogP contribution in [0.15, 0.2) is 35.5 Å². The molecule has 2 aliphatic rings. The molecule has 8 nitrogen and oxygen atoms in total. The number of imidazole rings is 1. The van der Waals surface area contributed by atoms with Gasteiger partial charge in [0.25, 0.3) is 5.91 Å². The Bertz CT molecular complexity index is 926. The Morgan fingerprint density at radius 3 is 2.88 bits per heavy atom. The number of benzene rings is 1. The highest BCUT2D eigenvalue weighted by atomic mass is 32.2. The van der Waals surface area contributed by atoms with Crippen molar-refractivity contribution in [1.29, 1.82) is 0 Å². The van der Waals surface area contributed by atoms with Gasteiger partial charge in [0.2, 0.25) is 10.0 Å². The zero-order chi connectivity index (χ0) is 18.3. The molecule has 2 aromatic rings. The number of hydrogen-bond acceptors (Lipinski definition) is 5. The highest BCUT2D eigenvalue weighted by Crippen LogP contribution is 2.27. The first-order valence-electron chi connectivity index (χ1n) is 8.57. The number of H-pyrrole nitrogens is 1. The van der Waals surface area contributed by atoms with Crippen LogP contribution in [0.4, 0.5) is 0 Å². The third-order valence-corrected chi connectivity index (χ3v) is 6.95. The Balaban J connectivity index is 1.64. The van der Waals surface area contributed by atoms with E-state index in [4.69, 9.17) is 0 Å². The lowest BCUT2D eigenvalue weighted by Crippen LogP contribution is -2.49. The van der Waals surface area contributed by atoms with E-state index in [1.165, 1.54) is 10.4 Å². The highest BCUT2D eigenvalue weighted by Gasteiger charge is 2.35. The number of aromatic nitrogens is 2. The fourth-order valence-corrected chi connectivity index (χ4v) is 4.99. The van der Waals surface area contributed by atoms with Crippen LogP contribution in [0.25, 0.3) is 0 Å². The molecular weight excluding hydrogens is 354 g/mol. The molecule has 1 atom stereocenters. The first kappa shape index (κ1) is 17.2. The lowest BCUT2D eigenvalue weighted by atomic mass is 10.0. The molecule has 1 aromatic carbocycles. The van der Waals surface area contributed by atoms with Crippen molar-refractivity contribution < 1.29 is 13.2 Å². The Kier molecular flexibility index (Phi) is 4.29. The Labute approximate surface area is 152 Å². The molecule has 1 saturated heterocycles. The number of rotatable bonds is 3. The smallest absolute Gasteiger partial charge is 0.251 e. The van der Waals surface area contributed by atoms with Crippen LogP contribution in [0.2, 0.25) is 0 Å². The average Bonchev–Trinajstić information content (AvgIpc) is 3.16. The zero-order valence-corrected chi connectivity index (χ0v) is 15.3.